The van der Waals surface area contributed by atoms with Gasteiger partial charge in [0, 0.05) is 17.8 Å². The van der Waals surface area contributed by atoms with Gasteiger partial charge in [0.05, 0.1) is 12.7 Å². The van der Waals surface area contributed by atoms with Crippen molar-refractivity contribution in [1.82, 2.24) is 4.98 Å². The maximum Gasteiger partial charge on any atom is 0.307 e. The lowest BCUT2D eigenvalue weighted by atomic mass is 9.99. The molecule has 19 heavy (non-hydrogen) atoms. The van der Waals surface area contributed by atoms with E-state index in [1.165, 1.54) is 0 Å². The van der Waals surface area contributed by atoms with Crippen molar-refractivity contribution in [3.05, 3.63) is 54.6 Å². The van der Waals surface area contributed by atoms with E-state index in [0.717, 1.165) is 22.1 Å². The summed E-state index contributed by atoms with van der Waals surface area (Å²) in [5.74, 6) is -0.862. The number of aromatic nitrogens is 1. The first-order valence-electron chi connectivity index (χ1n) is 5.86. The van der Waals surface area contributed by atoms with Crippen molar-refractivity contribution in [2.75, 3.05) is 0 Å². The molecule has 0 amide bonds. The standard InChI is InChI=1S/C15H11NO3/c17-15(18)8-12-9-16-5-3-13(12)10-1-2-14-11(7-10)4-6-19-14/h1-7,9H,8H2,(H,17,18). The average molecular weight is 253 g/mol. The number of aliphatic carboxylic acids is 1. The summed E-state index contributed by atoms with van der Waals surface area (Å²) in [5.41, 5.74) is 3.38. The van der Waals surface area contributed by atoms with Crippen LogP contribution in [0.4, 0.5) is 0 Å². The lowest BCUT2D eigenvalue weighted by Crippen LogP contribution is -2.02. The molecule has 0 spiro atoms. The van der Waals surface area contributed by atoms with Gasteiger partial charge in [-0.2, -0.15) is 0 Å². The predicted molar refractivity (Wildman–Crippen MR) is 70.8 cm³/mol. The number of hydrogen-bond donors (Lipinski definition) is 1. The van der Waals surface area contributed by atoms with E-state index in [0.29, 0.717) is 5.56 Å². The SMILES string of the molecule is O=C(O)Cc1cnccc1-c1ccc2occc2c1. The van der Waals surface area contributed by atoms with Gasteiger partial charge in [-0.3, -0.25) is 9.78 Å². The number of carbonyl (C=O) groups is 1. The molecule has 0 aliphatic rings. The van der Waals surface area contributed by atoms with Crippen LogP contribution in [0.2, 0.25) is 0 Å². The molecular weight excluding hydrogens is 242 g/mol. The van der Waals surface area contributed by atoms with E-state index >= 15 is 0 Å². The summed E-state index contributed by atoms with van der Waals surface area (Å²) in [5, 5.41) is 9.93. The van der Waals surface area contributed by atoms with Gasteiger partial charge in [-0.25, -0.2) is 0 Å². The third kappa shape index (κ3) is 2.20. The highest BCUT2D eigenvalue weighted by atomic mass is 16.4. The van der Waals surface area contributed by atoms with E-state index < -0.39 is 5.97 Å². The fraction of sp³-hybridized carbons (Fsp3) is 0.0667. The molecule has 1 N–H and O–H groups in total. The summed E-state index contributed by atoms with van der Waals surface area (Å²) in [6.45, 7) is 0. The van der Waals surface area contributed by atoms with Crippen molar-refractivity contribution in [3.8, 4) is 11.1 Å². The fourth-order valence-electron chi connectivity index (χ4n) is 2.15. The number of carboxylic acid groups (broad SMARTS) is 1. The van der Waals surface area contributed by atoms with Crippen LogP contribution in [0.25, 0.3) is 22.1 Å². The highest BCUT2D eigenvalue weighted by Crippen LogP contribution is 2.27. The minimum atomic E-state index is -0.862. The Hall–Kier alpha value is -2.62. The van der Waals surface area contributed by atoms with Gasteiger partial charge < -0.3 is 9.52 Å². The molecule has 3 rings (SSSR count). The largest absolute Gasteiger partial charge is 0.481 e. The average Bonchev–Trinajstić information content (AvgIpc) is 2.86. The van der Waals surface area contributed by atoms with Crippen LogP contribution in [0.15, 0.2) is 53.4 Å². The summed E-state index contributed by atoms with van der Waals surface area (Å²) in [4.78, 5) is 14.9. The Morgan fingerprint density at radius 3 is 3.00 bits per heavy atom. The fourth-order valence-corrected chi connectivity index (χ4v) is 2.15. The molecule has 0 unspecified atom stereocenters. The smallest absolute Gasteiger partial charge is 0.307 e. The predicted octanol–water partition coefficient (Wildman–Crippen LogP) is 3.12. The molecule has 0 aliphatic heterocycles. The number of furan rings is 1. The Kier molecular flexibility index (Phi) is 2.76. The molecule has 2 heterocycles. The summed E-state index contributed by atoms with van der Waals surface area (Å²) < 4.78 is 5.30. The highest BCUT2D eigenvalue weighted by molar-refractivity contribution is 5.85. The molecule has 0 fully saturated rings. The van der Waals surface area contributed by atoms with Crippen molar-refractivity contribution in [2.45, 2.75) is 6.42 Å². The molecule has 4 nitrogen and oxygen atoms in total. The van der Waals surface area contributed by atoms with Gasteiger partial charge in [0.1, 0.15) is 5.58 Å². The second-order valence-corrected chi connectivity index (χ2v) is 4.28. The van der Waals surface area contributed by atoms with Crippen LogP contribution in [0.1, 0.15) is 5.56 Å². The van der Waals surface area contributed by atoms with Crippen LogP contribution in [-0.4, -0.2) is 16.1 Å². The molecule has 1 aromatic carbocycles. The van der Waals surface area contributed by atoms with E-state index in [1.807, 2.05) is 30.3 Å². The summed E-state index contributed by atoms with van der Waals surface area (Å²) in [7, 11) is 0. The van der Waals surface area contributed by atoms with Gasteiger partial charge in [0.2, 0.25) is 0 Å². The Balaban J connectivity index is 2.12. The Morgan fingerprint density at radius 1 is 1.26 bits per heavy atom. The van der Waals surface area contributed by atoms with Gasteiger partial charge in [-0.15, -0.1) is 0 Å². The molecule has 0 aliphatic carbocycles. The quantitative estimate of drug-likeness (QED) is 0.778. The number of benzene rings is 1. The number of fused-ring (bicyclic) bond motifs is 1. The Bertz CT molecular complexity index is 746. The van der Waals surface area contributed by atoms with Crippen LogP contribution in [0.3, 0.4) is 0 Å². The zero-order valence-electron chi connectivity index (χ0n) is 10.0. The molecule has 4 heteroatoms. The second-order valence-electron chi connectivity index (χ2n) is 4.28. The number of rotatable bonds is 3. The Morgan fingerprint density at radius 2 is 2.16 bits per heavy atom. The van der Waals surface area contributed by atoms with Gasteiger partial charge in [0.25, 0.3) is 0 Å². The molecule has 3 aromatic rings. The van der Waals surface area contributed by atoms with Gasteiger partial charge in [-0.1, -0.05) is 6.07 Å². The number of nitrogens with zero attached hydrogens (tertiary/aromatic N) is 1. The maximum absolute atomic E-state index is 10.9. The van der Waals surface area contributed by atoms with Crippen molar-refractivity contribution in [1.29, 1.82) is 0 Å². The molecule has 0 radical (unpaired) electrons. The monoisotopic (exact) mass is 253 g/mol. The minimum absolute atomic E-state index is 0.0351. The number of pyridine rings is 1. The number of hydrogen-bond acceptors (Lipinski definition) is 3. The molecule has 0 saturated carbocycles. The summed E-state index contributed by atoms with van der Waals surface area (Å²) >= 11 is 0. The molecule has 2 aromatic heterocycles. The molecular formula is C15H11NO3. The van der Waals surface area contributed by atoms with E-state index in [-0.39, 0.29) is 6.42 Å². The third-order valence-corrected chi connectivity index (χ3v) is 3.01. The van der Waals surface area contributed by atoms with Crippen molar-refractivity contribution < 1.29 is 14.3 Å². The lowest BCUT2D eigenvalue weighted by Gasteiger charge is -2.07. The molecule has 0 atom stereocenters. The lowest BCUT2D eigenvalue weighted by molar-refractivity contribution is -0.136. The minimum Gasteiger partial charge on any atom is -0.481 e. The van der Waals surface area contributed by atoms with Crippen LogP contribution >= 0.6 is 0 Å². The van der Waals surface area contributed by atoms with Crippen molar-refractivity contribution >= 4 is 16.9 Å². The van der Waals surface area contributed by atoms with Gasteiger partial charge in [0.15, 0.2) is 0 Å². The number of carboxylic acids is 1. The Labute approximate surface area is 109 Å². The molecule has 0 saturated heterocycles. The first-order chi connectivity index (χ1) is 9.24. The van der Waals surface area contributed by atoms with Crippen LogP contribution < -0.4 is 0 Å². The van der Waals surface area contributed by atoms with E-state index in [9.17, 15) is 4.79 Å². The zero-order chi connectivity index (χ0) is 13.2. The zero-order valence-corrected chi connectivity index (χ0v) is 10.0. The van der Waals surface area contributed by atoms with Crippen molar-refractivity contribution in [3.63, 3.8) is 0 Å². The normalized spacial score (nSPS) is 10.7. The topological polar surface area (TPSA) is 63.3 Å². The van der Waals surface area contributed by atoms with E-state index in [4.69, 9.17) is 9.52 Å². The molecule has 0 bridgehead atoms. The molecule has 94 valence electrons. The summed E-state index contributed by atoms with van der Waals surface area (Å²) in [6.07, 6.45) is 4.87. The second kappa shape index (κ2) is 4.57. The van der Waals surface area contributed by atoms with Gasteiger partial charge >= 0.3 is 5.97 Å². The highest BCUT2D eigenvalue weighted by Gasteiger charge is 2.09. The summed E-state index contributed by atoms with van der Waals surface area (Å²) in [6, 6.07) is 9.51. The van der Waals surface area contributed by atoms with Crippen LogP contribution in [0, 0.1) is 0 Å². The van der Waals surface area contributed by atoms with Crippen LogP contribution in [-0.2, 0) is 11.2 Å². The van der Waals surface area contributed by atoms with Crippen molar-refractivity contribution in [2.24, 2.45) is 0 Å². The maximum atomic E-state index is 10.9. The van der Waals surface area contributed by atoms with E-state index in [1.54, 1.807) is 18.7 Å². The third-order valence-electron chi connectivity index (χ3n) is 3.01. The van der Waals surface area contributed by atoms with Crippen LogP contribution in [0.5, 0.6) is 0 Å². The first kappa shape index (κ1) is 11.5. The van der Waals surface area contributed by atoms with Gasteiger partial charge in [-0.05, 0) is 41.0 Å². The van der Waals surface area contributed by atoms with E-state index in [2.05, 4.69) is 4.98 Å². The first-order valence-corrected chi connectivity index (χ1v) is 5.86.